The van der Waals surface area contributed by atoms with Crippen molar-refractivity contribution in [2.24, 2.45) is 7.05 Å². The van der Waals surface area contributed by atoms with Crippen LogP contribution in [0.5, 0.6) is 0 Å². The van der Waals surface area contributed by atoms with Gasteiger partial charge in [0.05, 0.1) is 23.0 Å². The number of rotatable bonds is 5. The lowest BCUT2D eigenvalue weighted by Crippen LogP contribution is -2.38. The van der Waals surface area contributed by atoms with Gasteiger partial charge in [-0.15, -0.1) is 10.2 Å². The smallest absolute Gasteiger partial charge is 0.262 e. The zero-order valence-corrected chi connectivity index (χ0v) is 15.4. The van der Waals surface area contributed by atoms with Gasteiger partial charge in [0.1, 0.15) is 0 Å². The van der Waals surface area contributed by atoms with E-state index in [4.69, 9.17) is 0 Å². The first-order chi connectivity index (χ1) is 11.7. The third-order valence-corrected chi connectivity index (χ3v) is 4.36. The molecule has 1 N–H and O–H groups in total. The number of fused-ring (bicyclic) bond motifs is 3. The van der Waals surface area contributed by atoms with Crippen molar-refractivity contribution in [2.45, 2.75) is 39.8 Å². The first-order valence-corrected chi connectivity index (χ1v) is 8.49. The summed E-state index contributed by atoms with van der Waals surface area (Å²) in [5.41, 5.74) is 0.982. The van der Waals surface area contributed by atoms with Crippen molar-refractivity contribution in [3.05, 3.63) is 39.9 Å². The Labute approximate surface area is 146 Å². The molecule has 0 atom stereocenters. The highest BCUT2D eigenvalue weighted by Gasteiger charge is 2.21. The number of likely N-dealkylation sites (N-methyl/N-ethyl adjacent to an activating group) is 1. The summed E-state index contributed by atoms with van der Waals surface area (Å²) < 4.78 is 3.47. The van der Waals surface area contributed by atoms with E-state index >= 15 is 0 Å². The molecular formula is C18H25N5O2. The third kappa shape index (κ3) is 3.29. The first-order valence-electron chi connectivity index (χ1n) is 8.49. The van der Waals surface area contributed by atoms with Crippen molar-refractivity contribution >= 4 is 16.7 Å². The van der Waals surface area contributed by atoms with Crippen molar-refractivity contribution in [1.29, 1.82) is 0 Å². The largest absolute Gasteiger partial charge is 0.389 e. The average molecular weight is 343 g/mol. The topological polar surface area (TPSA) is 75.7 Å². The number of aromatic nitrogens is 4. The molecule has 0 aliphatic heterocycles. The van der Waals surface area contributed by atoms with E-state index in [2.05, 4.69) is 15.1 Å². The molecule has 2 heterocycles. The van der Waals surface area contributed by atoms with Gasteiger partial charge in [-0.1, -0.05) is 18.6 Å². The number of aliphatic hydroxyl groups is 1. The Morgan fingerprint density at radius 1 is 1.28 bits per heavy atom. The molecular weight excluding hydrogens is 318 g/mol. The van der Waals surface area contributed by atoms with Crippen LogP contribution in [0.15, 0.2) is 23.0 Å². The lowest BCUT2D eigenvalue weighted by molar-refractivity contribution is 0.0345. The third-order valence-electron chi connectivity index (χ3n) is 4.36. The molecule has 0 fully saturated rings. The summed E-state index contributed by atoms with van der Waals surface area (Å²) in [7, 11) is 1.71. The lowest BCUT2D eigenvalue weighted by atomic mass is 10.1. The van der Waals surface area contributed by atoms with Crippen molar-refractivity contribution in [1.82, 2.24) is 24.1 Å². The molecule has 2 aromatic heterocycles. The van der Waals surface area contributed by atoms with Crippen LogP contribution in [0.25, 0.3) is 16.7 Å². The van der Waals surface area contributed by atoms with Gasteiger partial charge in [-0.2, -0.15) is 0 Å². The minimum Gasteiger partial charge on any atom is -0.389 e. The molecule has 0 aliphatic carbocycles. The fourth-order valence-corrected chi connectivity index (χ4v) is 3.19. The SMILES string of the molecule is CCN(Cc1nnc2n(C)c(=O)c3cc(C)ccc3n12)CC(C)(C)O. The van der Waals surface area contributed by atoms with Gasteiger partial charge >= 0.3 is 0 Å². The predicted molar refractivity (Wildman–Crippen MR) is 97.7 cm³/mol. The van der Waals surface area contributed by atoms with Gasteiger partial charge in [-0.05, 0) is 39.4 Å². The molecule has 7 heteroatoms. The zero-order chi connectivity index (χ0) is 18.4. The van der Waals surface area contributed by atoms with E-state index in [1.807, 2.05) is 36.4 Å². The van der Waals surface area contributed by atoms with Gasteiger partial charge in [-0.3, -0.25) is 18.7 Å². The van der Waals surface area contributed by atoms with E-state index in [0.717, 1.165) is 23.4 Å². The Morgan fingerprint density at radius 2 is 2.00 bits per heavy atom. The maximum Gasteiger partial charge on any atom is 0.262 e. The van der Waals surface area contributed by atoms with Gasteiger partial charge in [0, 0.05) is 13.6 Å². The molecule has 7 nitrogen and oxygen atoms in total. The Morgan fingerprint density at radius 3 is 2.64 bits per heavy atom. The number of aryl methyl sites for hydroxylation is 2. The van der Waals surface area contributed by atoms with Crippen LogP contribution in [0.2, 0.25) is 0 Å². The number of benzene rings is 1. The summed E-state index contributed by atoms with van der Waals surface area (Å²) in [6, 6.07) is 5.83. The molecule has 0 radical (unpaired) electrons. The Balaban J connectivity index is 2.17. The van der Waals surface area contributed by atoms with E-state index in [9.17, 15) is 9.90 Å². The summed E-state index contributed by atoms with van der Waals surface area (Å²) >= 11 is 0. The van der Waals surface area contributed by atoms with E-state index < -0.39 is 5.60 Å². The van der Waals surface area contributed by atoms with Crippen LogP contribution in [-0.2, 0) is 13.6 Å². The highest BCUT2D eigenvalue weighted by atomic mass is 16.3. The standard InChI is InChI=1S/C18H25N5O2/c1-6-22(11-18(3,4)25)10-15-19-20-17-21(5)16(24)13-9-12(2)7-8-14(13)23(15)17/h7-9,25H,6,10-11H2,1-5H3. The van der Waals surface area contributed by atoms with Crippen LogP contribution in [0.1, 0.15) is 32.2 Å². The highest BCUT2D eigenvalue weighted by molar-refractivity contribution is 5.81. The monoisotopic (exact) mass is 343 g/mol. The van der Waals surface area contributed by atoms with Gasteiger partial charge in [0.15, 0.2) is 5.82 Å². The maximum atomic E-state index is 12.6. The van der Waals surface area contributed by atoms with Gasteiger partial charge < -0.3 is 5.11 Å². The fraction of sp³-hybridized carbons (Fsp3) is 0.500. The molecule has 0 aliphatic rings. The highest BCUT2D eigenvalue weighted by Crippen LogP contribution is 2.17. The second-order valence-electron chi connectivity index (χ2n) is 7.25. The van der Waals surface area contributed by atoms with E-state index in [-0.39, 0.29) is 5.56 Å². The van der Waals surface area contributed by atoms with Crippen molar-refractivity contribution in [3.63, 3.8) is 0 Å². The molecule has 134 valence electrons. The molecule has 0 amide bonds. The molecule has 0 bridgehead atoms. The molecule has 3 aromatic rings. The second kappa shape index (κ2) is 6.24. The molecule has 0 unspecified atom stereocenters. The van der Waals surface area contributed by atoms with Crippen molar-refractivity contribution < 1.29 is 5.11 Å². The Kier molecular flexibility index (Phi) is 4.38. The lowest BCUT2D eigenvalue weighted by Gasteiger charge is -2.27. The summed E-state index contributed by atoms with van der Waals surface area (Å²) in [5, 5.41) is 19.3. The number of nitrogens with zero attached hydrogens (tertiary/aromatic N) is 5. The predicted octanol–water partition coefficient (Wildman–Crippen LogP) is 1.48. The van der Waals surface area contributed by atoms with Gasteiger partial charge in [0.25, 0.3) is 5.56 Å². The zero-order valence-electron chi connectivity index (χ0n) is 15.4. The van der Waals surface area contributed by atoms with E-state index in [0.29, 0.717) is 24.3 Å². The minimum absolute atomic E-state index is 0.0750. The van der Waals surface area contributed by atoms with Gasteiger partial charge in [-0.25, -0.2) is 0 Å². The van der Waals surface area contributed by atoms with Crippen molar-refractivity contribution in [2.75, 3.05) is 13.1 Å². The Bertz CT molecular complexity index is 981. The molecule has 0 saturated carbocycles. The van der Waals surface area contributed by atoms with Crippen LogP contribution in [0.4, 0.5) is 0 Å². The van der Waals surface area contributed by atoms with Gasteiger partial charge in [0.2, 0.25) is 5.78 Å². The molecule has 1 aromatic carbocycles. The minimum atomic E-state index is -0.789. The average Bonchev–Trinajstić information content (AvgIpc) is 2.94. The number of hydrogen-bond acceptors (Lipinski definition) is 5. The fourth-order valence-electron chi connectivity index (χ4n) is 3.19. The number of hydrogen-bond donors (Lipinski definition) is 1. The van der Waals surface area contributed by atoms with Crippen LogP contribution in [0, 0.1) is 6.92 Å². The quantitative estimate of drug-likeness (QED) is 0.759. The Hall–Kier alpha value is -2.25. The van der Waals surface area contributed by atoms with E-state index in [1.54, 1.807) is 20.9 Å². The molecule has 0 saturated heterocycles. The van der Waals surface area contributed by atoms with Crippen LogP contribution in [0.3, 0.4) is 0 Å². The summed E-state index contributed by atoms with van der Waals surface area (Å²) in [6.45, 7) is 9.45. The normalized spacial score (nSPS) is 12.6. The van der Waals surface area contributed by atoms with Crippen LogP contribution in [-0.4, -0.2) is 47.9 Å². The summed E-state index contributed by atoms with van der Waals surface area (Å²) in [4.78, 5) is 14.7. The van der Waals surface area contributed by atoms with Crippen LogP contribution >= 0.6 is 0 Å². The molecule has 0 spiro atoms. The molecule has 25 heavy (non-hydrogen) atoms. The van der Waals surface area contributed by atoms with Crippen molar-refractivity contribution in [3.8, 4) is 0 Å². The van der Waals surface area contributed by atoms with E-state index in [1.165, 1.54) is 4.57 Å². The summed E-state index contributed by atoms with van der Waals surface area (Å²) in [6.07, 6.45) is 0. The maximum absolute atomic E-state index is 12.6. The second-order valence-corrected chi connectivity index (χ2v) is 7.25. The first kappa shape index (κ1) is 17.6. The van der Waals surface area contributed by atoms with Crippen LogP contribution < -0.4 is 5.56 Å². The summed E-state index contributed by atoms with van der Waals surface area (Å²) in [5.74, 6) is 1.28. The molecule has 3 rings (SSSR count).